The minimum absolute atomic E-state index is 0.0505. The van der Waals surface area contributed by atoms with Crippen LogP contribution in [0.25, 0.3) is 0 Å². The first kappa shape index (κ1) is 18.1. The molecule has 21 heavy (non-hydrogen) atoms. The van der Waals surface area contributed by atoms with E-state index in [1.165, 1.54) is 6.92 Å². The molecule has 0 fully saturated rings. The van der Waals surface area contributed by atoms with Gasteiger partial charge >= 0.3 is 6.18 Å². The Hall–Kier alpha value is -0.950. The Morgan fingerprint density at radius 3 is 2.29 bits per heavy atom. The van der Waals surface area contributed by atoms with Gasteiger partial charge in [0.25, 0.3) is 0 Å². The third-order valence-corrected chi connectivity index (χ3v) is 4.56. The van der Waals surface area contributed by atoms with Crippen LogP contribution in [0.1, 0.15) is 43.5 Å². The normalized spacial score (nSPS) is 15.3. The molecule has 0 bridgehead atoms. The predicted molar refractivity (Wildman–Crippen MR) is 75.5 cm³/mol. The Labute approximate surface area is 124 Å². The zero-order chi connectivity index (χ0) is 16.4. The molecule has 2 nitrogen and oxygen atoms in total. The number of hydrogen-bond acceptors (Lipinski definition) is 1. The van der Waals surface area contributed by atoms with Crippen LogP contribution in [0, 0.1) is 18.7 Å². The second-order valence-corrected chi connectivity index (χ2v) is 6.67. The molecule has 2 atom stereocenters. The van der Waals surface area contributed by atoms with Crippen molar-refractivity contribution in [1.82, 2.24) is 4.72 Å². The molecular weight excluding hydrogens is 306 g/mol. The third-order valence-electron chi connectivity index (χ3n) is 2.98. The smallest absolute Gasteiger partial charge is 0.243 e. The Kier molecular flexibility index (Phi) is 5.92. The van der Waals surface area contributed by atoms with E-state index in [4.69, 9.17) is 0 Å². The van der Waals surface area contributed by atoms with E-state index in [2.05, 4.69) is 4.72 Å². The van der Waals surface area contributed by atoms with Crippen LogP contribution in [0.2, 0.25) is 0 Å². The van der Waals surface area contributed by atoms with Gasteiger partial charge in [0.05, 0.1) is 16.5 Å². The maximum atomic E-state index is 13.4. The summed E-state index contributed by atoms with van der Waals surface area (Å²) in [4.78, 5) is 0. The lowest BCUT2D eigenvalue weighted by molar-refractivity contribution is -0.138. The van der Waals surface area contributed by atoms with Crippen LogP contribution in [0.3, 0.4) is 0 Å². The summed E-state index contributed by atoms with van der Waals surface area (Å²) in [6.45, 7) is 6.64. The van der Waals surface area contributed by atoms with Crippen molar-refractivity contribution in [2.45, 2.75) is 39.9 Å². The lowest BCUT2D eigenvalue weighted by atomic mass is 9.97. The summed E-state index contributed by atoms with van der Waals surface area (Å²) >= 11 is 0. The van der Waals surface area contributed by atoms with Gasteiger partial charge in [-0.2, -0.15) is 13.2 Å². The lowest BCUT2D eigenvalue weighted by Crippen LogP contribution is -2.26. The molecule has 0 aliphatic heterocycles. The van der Waals surface area contributed by atoms with Gasteiger partial charge in [0.1, 0.15) is 5.82 Å². The maximum absolute atomic E-state index is 13.4. The number of hydrogen-bond donors (Lipinski definition) is 1. The van der Waals surface area contributed by atoms with Gasteiger partial charge in [0, 0.05) is 11.8 Å². The molecule has 120 valence electrons. The molecule has 1 aromatic carbocycles. The second kappa shape index (κ2) is 6.87. The summed E-state index contributed by atoms with van der Waals surface area (Å²) in [5.74, 6) is -0.388. The monoisotopic (exact) mass is 325 g/mol. The fourth-order valence-corrected chi connectivity index (χ4v) is 3.28. The predicted octanol–water partition coefficient (Wildman–Crippen LogP) is 4.12. The largest absolute Gasteiger partial charge is 0.416 e. The summed E-state index contributed by atoms with van der Waals surface area (Å²) in [5.41, 5.74) is -0.884. The van der Waals surface area contributed by atoms with Gasteiger partial charge in [-0.15, -0.1) is 0 Å². The molecule has 0 heterocycles. The van der Waals surface area contributed by atoms with E-state index in [-0.39, 0.29) is 17.0 Å². The molecule has 0 saturated heterocycles. The summed E-state index contributed by atoms with van der Waals surface area (Å²) in [7, 11) is -1.38. The average molecular weight is 325 g/mol. The molecule has 0 saturated carbocycles. The van der Waals surface area contributed by atoms with Crippen LogP contribution in [-0.4, -0.2) is 9.96 Å². The van der Waals surface area contributed by atoms with Gasteiger partial charge < -0.3 is 0 Å². The first-order valence-electron chi connectivity index (χ1n) is 6.54. The Morgan fingerprint density at radius 1 is 1.24 bits per heavy atom. The van der Waals surface area contributed by atoms with Crippen LogP contribution in [0.4, 0.5) is 17.6 Å². The zero-order valence-electron chi connectivity index (χ0n) is 12.3. The van der Waals surface area contributed by atoms with Gasteiger partial charge in [-0.3, -0.25) is 0 Å². The van der Waals surface area contributed by atoms with Crippen molar-refractivity contribution >= 4 is 11.0 Å². The average Bonchev–Trinajstić information content (AvgIpc) is 2.28. The fraction of sp³-hybridized carbons (Fsp3) is 0.571. The van der Waals surface area contributed by atoms with E-state index < -0.39 is 34.6 Å². The van der Waals surface area contributed by atoms with Crippen molar-refractivity contribution in [1.29, 1.82) is 0 Å². The van der Waals surface area contributed by atoms with Crippen molar-refractivity contribution in [2.75, 3.05) is 5.75 Å². The minimum atomic E-state index is -4.61. The number of rotatable bonds is 5. The molecule has 0 amide bonds. The van der Waals surface area contributed by atoms with E-state index in [1.807, 2.05) is 13.8 Å². The highest BCUT2D eigenvalue weighted by Gasteiger charge is 2.34. The molecular formula is C14H19F4NOS. The number of alkyl halides is 3. The maximum Gasteiger partial charge on any atom is 0.416 e. The standard InChI is InChI=1S/C14H19F4NOS/c1-8(2)7-21(20)19-10(4)12-5-11(15)6-13(9(12)3)14(16,17)18/h5-6,8,10,19H,7H2,1-4H3/t10-,21-/m1/s1. The van der Waals surface area contributed by atoms with E-state index in [9.17, 15) is 21.8 Å². The van der Waals surface area contributed by atoms with E-state index >= 15 is 0 Å². The van der Waals surface area contributed by atoms with Gasteiger partial charge in [-0.25, -0.2) is 13.3 Å². The van der Waals surface area contributed by atoms with Crippen LogP contribution in [-0.2, 0) is 17.2 Å². The van der Waals surface area contributed by atoms with Gasteiger partial charge in [0.15, 0.2) is 0 Å². The molecule has 0 radical (unpaired) electrons. The Morgan fingerprint density at radius 2 is 1.81 bits per heavy atom. The van der Waals surface area contributed by atoms with Gasteiger partial charge in [-0.1, -0.05) is 13.8 Å². The molecule has 7 heteroatoms. The van der Waals surface area contributed by atoms with Crippen LogP contribution < -0.4 is 4.72 Å². The van der Waals surface area contributed by atoms with Crippen molar-refractivity contribution in [3.63, 3.8) is 0 Å². The molecule has 0 aliphatic rings. The van der Waals surface area contributed by atoms with Gasteiger partial charge in [-0.05, 0) is 43.0 Å². The van der Waals surface area contributed by atoms with Crippen molar-refractivity contribution in [2.24, 2.45) is 5.92 Å². The molecule has 1 aromatic rings. The molecule has 0 aliphatic carbocycles. The van der Waals surface area contributed by atoms with Crippen LogP contribution in [0.15, 0.2) is 12.1 Å². The molecule has 0 aromatic heterocycles. The molecule has 0 unspecified atom stereocenters. The van der Waals surface area contributed by atoms with Crippen molar-refractivity contribution in [3.05, 3.63) is 34.6 Å². The van der Waals surface area contributed by atoms with Gasteiger partial charge in [0.2, 0.25) is 0 Å². The van der Waals surface area contributed by atoms with E-state index in [0.717, 1.165) is 6.07 Å². The first-order chi connectivity index (χ1) is 9.52. The van der Waals surface area contributed by atoms with E-state index in [0.29, 0.717) is 11.8 Å². The topological polar surface area (TPSA) is 29.1 Å². The van der Waals surface area contributed by atoms with Crippen molar-refractivity contribution in [3.8, 4) is 0 Å². The zero-order valence-corrected chi connectivity index (χ0v) is 13.2. The number of nitrogens with one attached hydrogen (secondary N) is 1. The summed E-state index contributed by atoms with van der Waals surface area (Å²) in [6.07, 6.45) is -4.61. The van der Waals surface area contributed by atoms with Crippen molar-refractivity contribution < 1.29 is 21.8 Å². The first-order valence-corrected chi connectivity index (χ1v) is 7.86. The molecule has 1 rings (SSSR count). The van der Waals surface area contributed by atoms with E-state index in [1.54, 1.807) is 6.92 Å². The summed E-state index contributed by atoms with van der Waals surface area (Å²) in [5, 5.41) is 0. The van der Waals surface area contributed by atoms with Crippen LogP contribution >= 0.6 is 0 Å². The Bertz CT molecular complexity index is 528. The SMILES string of the molecule is Cc1c([C@@H](C)N[S@](=O)CC(C)C)cc(F)cc1C(F)(F)F. The number of benzene rings is 1. The third kappa shape index (κ3) is 5.07. The quantitative estimate of drug-likeness (QED) is 0.811. The summed E-state index contributed by atoms with van der Waals surface area (Å²) in [6, 6.07) is 0.896. The lowest BCUT2D eigenvalue weighted by Gasteiger charge is -2.20. The fourth-order valence-electron chi connectivity index (χ4n) is 2.06. The Balaban J connectivity index is 3.07. The van der Waals surface area contributed by atoms with Crippen LogP contribution in [0.5, 0.6) is 0 Å². The number of halogens is 4. The molecule has 0 spiro atoms. The minimum Gasteiger partial charge on any atom is -0.243 e. The second-order valence-electron chi connectivity index (χ2n) is 5.41. The highest BCUT2D eigenvalue weighted by atomic mass is 32.2. The molecule has 1 N–H and O–H groups in total. The highest BCUT2D eigenvalue weighted by molar-refractivity contribution is 7.83. The summed E-state index contributed by atoms with van der Waals surface area (Å²) < 4.78 is 66.5. The highest BCUT2D eigenvalue weighted by Crippen LogP contribution is 2.35.